The maximum atomic E-state index is 12.3. The highest BCUT2D eigenvalue weighted by atomic mass is 19.4. The number of ether oxygens (including phenoxy) is 2. The highest BCUT2D eigenvalue weighted by Gasteiger charge is 2.53. The fourth-order valence-electron chi connectivity index (χ4n) is 3.30. The second kappa shape index (κ2) is 7.67. The summed E-state index contributed by atoms with van der Waals surface area (Å²) < 4.78 is 77.4. The summed E-state index contributed by atoms with van der Waals surface area (Å²) in [5.41, 5.74) is 4.94. The van der Waals surface area contributed by atoms with Gasteiger partial charge in [0.25, 0.3) is 5.91 Å². The Morgan fingerprint density at radius 3 is 1.93 bits per heavy atom. The Kier molecular flexibility index (Phi) is 6.22. The van der Waals surface area contributed by atoms with E-state index in [4.69, 9.17) is 20.4 Å². The van der Waals surface area contributed by atoms with Crippen LogP contribution < -0.4 is 11.1 Å². The van der Waals surface area contributed by atoms with Gasteiger partial charge in [-0.15, -0.1) is 13.2 Å². The lowest BCUT2D eigenvalue weighted by atomic mass is 9.71. The Morgan fingerprint density at radius 1 is 1.07 bits per heavy atom. The van der Waals surface area contributed by atoms with E-state index >= 15 is 0 Å². The van der Waals surface area contributed by atoms with Crippen molar-refractivity contribution in [1.82, 2.24) is 5.32 Å². The molecule has 2 aliphatic heterocycles. The van der Waals surface area contributed by atoms with Crippen molar-refractivity contribution in [1.29, 1.82) is 0 Å². The van der Waals surface area contributed by atoms with Crippen LogP contribution >= 0.6 is 0 Å². The van der Waals surface area contributed by atoms with E-state index in [9.17, 15) is 31.1 Å². The first kappa shape index (κ1) is 22.7. The van der Waals surface area contributed by atoms with E-state index < -0.39 is 30.2 Å². The monoisotopic (exact) mass is 422 g/mol. The minimum Gasteiger partial charge on any atom is -0.475 e. The number of rotatable bonds is 3. The van der Waals surface area contributed by atoms with Crippen molar-refractivity contribution >= 4 is 11.9 Å². The molecule has 2 aliphatic carbocycles. The van der Waals surface area contributed by atoms with Crippen LogP contribution in [0.1, 0.15) is 38.5 Å². The molecule has 4 fully saturated rings. The molecule has 2 saturated heterocycles. The topological polar surface area (TPSA) is 111 Å². The minimum atomic E-state index is -5.08. The first-order chi connectivity index (χ1) is 12.6. The second-order valence-electron chi connectivity index (χ2n) is 7.28. The molecule has 2 saturated carbocycles. The van der Waals surface area contributed by atoms with Crippen LogP contribution in [0.5, 0.6) is 0 Å². The predicted octanol–water partition coefficient (Wildman–Crippen LogP) is 1.84. The number of carboxylic acids is 1. The third kappa shape index (κ3) is 5.70. The lowest BCUT2D eigenvalue weighted by molar-refractivity contribution is -0.351. The molecule has 0 spiro atoms. The van der Waals surface area contributed by atoms with Gasteiger partial charge in [-0.2, -0.15) is 13.2 Å². The lowest BCUT2D eigenvalue weighted by Crippen LogP contribution is -2.66. The van der Waals surface area contributed by atoms with Gasteiger partial charge in [-0.3, -0.25) is 9.53 Å². The second-order valence-corrected chi connectivity index (χ2v) is 7.28. The summed E-state index contributed by atoms with van der Waals surface area (Å²) in [6.07, 6.45) is -7.56. The number of alkyl halides is 6. The minimum absolute atomic E-state index is 0.183. The van der Waals surface area contributed by atoms with E-state index in [0.29, 0.717) is 19.4 Å². The van der Waals surface area contributed by atoms with Crippen molar-refractivity contribution in [2.24, 2.45) is 5.73 Å². The van der Waals surface area contributed by atoms with E-state index in [0.717, 1.165) is 12.8 Å². The maximum absolute atomic E-state index is 12.3. The number of aliphatic carboxylic acids is 1. The SMILES string of the molecule is NC12CCC(C(=O)N[C@H]3C[C@@H](OC(F)(F)F)C3)(CC1)OC2.O=C(O)C(F)(F)F. The zero-order chi connectivity index (χ0) is 21.4. The summed E-state index contributed by atoms with van der Waals surface area (Å²) in [5, 5.41) is 9.90. The molecule has 2 bridgehead atoms. The van der Waals surface area contributed by atoms with Crippen LogP contribution in [0.3, 0.4) is 0 Å². The number of carbonyl (C=O) groups excluding carboxylic acids is 1. The summed E-state index contributed by atoms with van der Waals surface area (Å²) in [6.45, 7) is 0.366. The molecule has 0 aromatic heterocycles. The van der Waals surface area contributed by atoms with Crippen molar-refractivity contribution in [3.63, 3.8) is 0 Å². The van der Waals surface area contributed by atoms with Gasteiger partial charge in [-0.25, -0.2) is 4.79 Å². The van der Waals surface area contributed by atoms with Crippen LogP contribution in [-0.2, 0) is 19.1 Å². The number of nitrogens with two attached hydrogens (primary N) is 1. The van der Waals surface area contributed by atoms with Gasteiger partial charge in [0.05, 0.1) is 12.7 Å². The van der Waals surface area contributed by atoms with Gasteiger partial charge in [0.2, 0.25) is 0 Å². The molecule has 7 nitrogen and oxygen atoms in total. The molecule has 162 valence electrons. The molecule has 0 atom stereocenters. The van der Waals surface area contributed by atoms with Crippen LogP contribution in [-0.4, -0.2) is 59.4 Å². The quantitative estimate of drug-likeness (QED) is 0.599. The number of carbonyl (C=O) groups is 2. The zero-order valence-electron chi connectivity index (χ0n) is 14.5. The van der Waals surface area contributed by atoms with E-state index in [2.05, 4.69) is 10.1 Å². The molecular formula is C15H20F6N2O5. The van der Waals surface area contributed by atoms with Crippen LogP contribution in [0, 0.1) is 0 Å². The highest BCUT2D eigenvalue weighted by Crippen LogP contribution is 2.43. The Balaban J connectivity index is 0.000000345. The molecule has 13 heteroatoms. The van der Waals surface area contributed by atoms with Crippen molar-refractivity contribution in [3.05, 3.63) is 0 Å². The summed E-state index contributed by atoms with van der Waals surface area (Å²) in [6, 6.07) is -0.269. The van der Waals surface area contributed by atoms with E-state index in [1.807, 2.05) is 0 Å². The van der Waals surface area contributed by atoms with Gasteiger partial charge in [0.15, 0.2) is 0 Å². The lowest BCUT2D eigenvalue weighted by Gasteiger charge is -2.51. The molecule has 4 N–H and O–H groups in total. The molecule has 1 amide bonds. The van der Waals surface area contributed by atoms with Crippen molar-refractivity contribution in [2.45, 2.75) is 74.3 Å². The first-order valence-electron chi connectivity index (χ1n) is 8.43. The van der Waals surface area contributed by atoms with Crippen LogP contribution in [0.25, 0.3) is 0 Å². The van der Waals surface area contributed by atoms with E-state index in [-0.39, 0.29) is 30.3 Å². The summed E-state index contributed by atoms with van der Waals surface area (Å²) in [4.78, 5) is 21.2. The molecule has 0 unspecified atom stereocenters. The normalized spacial score (nSPS) is 34.7. The van der Waals surface area contributed by atoms with Gasteiger partial charge in [-0.05, 0) is 38.5 Å². The first-order valence-corrected chi connectivity index (χ1v) is 8.43. The van der Waals surface area contributed by atoms with Crippen LogP contribution in [0.4, 0.5) is 26.3 Å². The Hall–Kier alpha value is -1.60. The standard InChI is InChI=1S/C13H19F3N2O3.C2HF3O2/c14-13(15,16)21-9-5-8(6-9)18-10(19)12-3-1-11(17,2-4-12)7-20-12;3-2(4,5)1(6)7/h8-9H,1-7,17H2,(H,18,19);(H,6,7)/t8-,9+,11?,12?;. The average molecular weight is 422 g/mol. The number of fused-ring (bicyclic) bond motifs is 3. The van der Waals surface area contributed by atoms with Crippen molar-refractivity contribution in [2.75, 3.05) is 6.61 Å². The largest absolute Gasteiger partial charge is 0.522 e. The van der Waals surface area contributed by atoms with Crippen LogP contribution in [0.15, 0.2) is 0 Å². The Morgan fingerprint density at radius 2 is 1.57 bits per heavy atom. The summed E-state index contributed by atoms with van der Waals surface area (Å²) >= 11 is 0. The fraction of sp³-hybridized carbons (Fsp3) is 0.867. The molecule has 0 aromatic carbocycles. The Labute approximate surface area is 155 Å². The number of hydrogen-bond acceptors (Lipinski definition) is 5. The predicted molar refractivity (Wildman–Crippen MR) is 79.9 cm³/mol. The number of hydrogen-bond donors (Lipinski definition) is 3. The average Bonchev–Trinajstić information content (AvgIpc) is 2.52. The molecule has 2 heterocycles. The van der Waals surface area contributed by atoms with Crippen molar-refractivity contribution < 1.29 is 50.5 Å². The number of carboxylic acid groups (broad SMARTS) is 1. The number of amides is 1. The van der Waals surface area contributed by atoms with E-state index in [1.165, 1.54) is 0 Å². The van der Waals surface area contributed by atoms with E-state index in [1.54, 1.807) is 0 Å². The van der Waals surface area contributed by atoms with Gasteiger partial charge in [0, 0.05) is 11.6 Å². The summed E-state index contributed by atoms with van der Waals surface area (Å²) in [5.74, 6) is -2.98. The summed E-state index contributed by atoms with van der Waals surface area (Å²) in [7, 11) is 0. The molecule has 0 aromatic rings. The third-order valence-corrected chi connectivity index (χ3v) is 5.08. The fourth-order valence-corrected chi connectivity index (χ4v) is 3.30. The zero-order valence-corrected chi connectivity index (χ0v) is 14.5. The smallest absolute Gasteiger partial charge is 0.475 e. The molecule has 28 heavy (non-hydrogen) atoms. The van der Waals surface area contributed by atoms with Crippen molar-refractivity contribution in [3.8, 4) is 0 Å². The van der Waals surface area contributed by atoms with Gasteiger partial charge < -0.3 is 20.9 Å². The maximum Gasteiger partial charge on any atom is 0.522 e. The Bertz CT molecular complexity index is 578. The highest BCUT2D eigenvalue weighted by molar-refractivity contribution is 5.86. The molecular weight excluding hydrogens is 402 g/mol. The number of halogens is 6. The molecule has 0 radical (unpaired) electrons. The third-order valence-electron chi connectivity index (χ3n) is 5.08. The number of nitrogens with one attached hydrogen (secondary N) is 1. The van der Waals surface area contributed by atoms with Gasteiger partial charge in [-0.1, -0.05) is 0 Å². The van der Waals surface area contributed by atoms with Gasteiger partial charge in [0.1, 0.15) is 5.60 Å². The van der Waals surface area contributed by atoms with Gasteiger partial charge >= 0.3 is 18.5 Å². The van der Waals surface area contributed by atoms with Crippen LogP contribution in [0.2, 0.25) is 0 Å². The molecule has 4 rings (SSSR count). The molecule has 4 aliphatic rings.